The predicted molar refractivity (Wildman–Crippen MR) is 122 cm³/mol. The number of rotatable bonds is 9. The van der Waals surface area contributed by atoms with Gasteiger partial charge in [-0.25, -0.2) is 9.00 Å². The maximum absolute atomic E-state index is 12.8. The van der Waals surface area contributed by atoms with Crippen molar-refractivity contribution in [1.29, 1.82) is 0 Å². The minimum Gasteiger partial charge on any atom is -0.494 e. The Morgan fingerprint density at radius 2 is 1.88 bits per heavy atom. The number of hydrogen-bond acceptors (Lipinski definition) is 6. The fourth-order valence-electron chi connectivity index (χ4n) is 3.28. The Balaban J connectivity index is 2.12. The third-order valence-electron chi connectivity index (χ3n) is 4.56. The van der Waals surface area contributed by atoms with Crippen LogP contribution < -0.4 is 10.1 Å². The Morgan fingerprint density at radius 1 is 1.28 bits per heavy atom. The predicted octanol–water partition coefficient (Wildman–Crippen LogP) is 2.47. The molecule has 176 valence electrons. The fourth-order valence-corrected chi connectivity index (χ4v) is 4.65. The topological polar surface area (TPSA) is 102 Å². The average molecular weight is 485 g/mol. The first-order valence-corrected chi connectivity index (χ1v) is 12.2. The smallest absolute Gasteiger partial charge is 0.333 e. The minimum atomic E-state index is -2.05. The number of esters is 1. The van der Waals surface area contributed by atoms with Crippen LogP contribution in [0.15, 0.2) is 36.4 Å². The molecule has 0 radical (unpaired) electrons. The molecule has 4 unspecified atom stereocenters. The van der Waals surface area contributed by atoms with E-state index in [0.717, 1.165) is 4.90 Å². The van der Waals surface area contributed by atoms with Gasteiger partial charge in [0.2, 0.25) is 11.8 Å². The van der Waals surface area contributed by atoms with Crippen LogP contribution in [-0.4, -0.2) is 56.6 Å². The maximum atomic E-state index is 12.8. The number of halogens is 1. The average Bonchev–Trinajstić information content (AvgIpc) is 2.66. The molecular weight excluding hydrogens is 456 g/mol. The molecule has 10 heteroatoms. The van der Waals surface area contributed by atoms with Crippen LogP contribution in [-0.2, 0) is 35.6 Å². The summed E-state index contributed by atoms with van der Waals surface area (Å²) in [5, 5.41) is 1.48. The van der Waals surface area contributed by atoms with Crippen LogP contribution in [0.1, 0.15) is 40.2 Å². The summed E-state index contributed by atoms with van der Waals surface area (Å²) < 4.78 is 23.0. The highest BCUT2D eigenvalue weighted by Gasteiger charge is 2.56. The molecule has 1 aliphatic heterocycles. The molecule has 1 fully saturated rings. The standard InChI is InChI=1S/C22H29ClN2O6S/c1-7-30-15-10-8-14(9-11-15)12-16(26)24-17-19(27)25(20(17)32(23)29)18(13(2)3)21(28)31-22(4,5)6/h8-11,17-18,20H,2,7,12H2,1,3-6H3,(H,24,26). The second-order valence-corrected chi connectivity index (χ2v) is 10.4. The van der Waals surface area contributed by atoms with Crippen LogP contribution in [0.3, 0.4) is 0 Å². The van der Waals surface area contributed by atoms with E-state index < -0.39 is 50.9 Å². The summed E-state index contributed by atoms with van der Waals surface area (Å²) in [6.45, 7) is 12.8. The Labute approximate surface area is 195 Å². The first-order chi connectivity index (χ1) is 14.9. The molecule has 8 nitrogen and oxygen atoms in total. The lowest BCUT2D eigenvalue weighted by Crippen LogP contribution is -2.75. The molecule has 2 amide bonds. The van der Waals surface area contributed by atoms with Gasteiger partial charge in [0.25, 0.3) is 0 Å². The van der Waals surface area contributed by atoms with Gasteiger partial charge in [-0.2, -0.15) is 0 Å². The van der Waals surface area contributed by atoms with E-state index >= 15 is 0 Å². The number of ether oxygens (including phenoxy) is 2. The van der Waals surface area contributed by atoms with Crippen molar-refractivity contribution in [2.45, 2.75) is 64.1 Å². The van der Waals surface area contributed by atoms with E-state index in [-0.39, 0.29) is 6.42 Å². The molecule has 0 aromatic heterocycles. The number of nitrogens with zero attached hydrogens (tertiary/aromatic N) is 1. The number of amides is 2. The quantitative estimate of drug-likeness (QED) is 0.250. The largest absolute Gasteiger partial charge is 0.494 e. The van der Waals surface area contributed by atoms with Crippen LogP contribution >= 0.6 is 10.7 Å². The lowest BCUT2D eigenvalue weighted by Gasteiger charge is -2.48. The van der Waals surface area contributed by atoms with E-state index in [2.05, 4.69) is 11.9 Å². The van der Waals surface area contributed by atoms with Crippen molar-refractivity contribution >= 4 is 38.5 Å². The fraction of sp³-hybridized carbons (Fsp3) is 0.500. The summed E-state index contributed by atoms with van der Waals surface area (Å²) in [4.78, 5) is 39.1. The SMILES string of the molecule is C=C(C)C(C(=O)OC(C)(C)C)N1C(=O)C(NC(=O)Cc2ccc(OCC)cc2)C1S(=O)Cl. The first-order valence-electron chi connectivity index (χ1n) is 10.1. The van der Waals surface area contributed by atoms with Crippen molar-refractivity contribution in [1.82, 2.24) is 10.2 Å². The van der Waals surface area contributed by atoms with Crippen LogP contribution in [0, 0.1) is 0 Å². The first kappa shape index (κ1) is 25.9. The van der Waals surface area contributed by atoms with E-state index in [1.54, 1.807) is 52.0 Å². The van der Waals surface area contributed by atoms with Gasteiger partial charge in [0.1, 0.15) is 27.4 Å². The Morgan fingerprint density at radius 3 is 2.34 bits per heavy atom. The summed E-state index contributed by atoms with van der Waals surface area (Å²) >= 11 is 0. The lowest BCUT2D eigenvalue weighted by atomic mass is 9.98. The van der Waals surface area contributed by atoms with E-state index in [1.165, 1.54) is 0 Å². The van der Waals surface area contributed by atoms with Crippen molar-refractivity contribution < 1.29 is 28.1 Å². The Hall–Kier alpha value is -2.39. The van der Waals surface area contributed by atoms with E-state index in [9.17, 15) is 18.6 Å². The van der Waals surface area contributed by atoms with Gasteiger partial charge in [0.05, 0.1) is 13.0 Å². The van der Waals surface area contributed by atoms with Crippen molar-refractivity contribution in [2.75, 3.05) is 6.61 Å². The second-order valence-electron chi connectivity index (χ2n) is 8.47. The Bertz CT molecular complexity index is 912. The molecule has 1 heterocycles. The van der Waals surface area contributed by atoms with E-state index in [1.807, 2.05) is 6.92 Å². The van der Waals surface area contributed by atoms with Crippen LogP contribution in [0.5, 0.6) is 5.75 Å². The highest BCUT2D eigenvalue weighted by molar-refractivity contribution is 8.08. The number of benzene rings is 1. The highest BCUT2D eigenvalue weighted by Crippen LogP contribution is 2.31. The molecule has 0 saturated carbocycles. The van der Waals surface area contributed by atoms with Crippen LogP contribution in [0.4, 0.5) is 0 Å². The van der Waals surface area contributed by atoms with Crippen LogP contribution in [0.2, 0.25) is 0 Å². The maximum Gasteiger partial charge on any atom is 0.333 e. The van der Waals surface area contributed by atoms with E-state index in [0.29, 0.717) is 23.5 Å². The lowest BCUT2D eigenvalue weighted by molar-refractivity contribution is -0.169. The summed E-state index contributed by atoms with van der Waals surface area (Å²) in [6.07, 6.45) is 0.00774. The Kier molecular flexibility index (Phi) is 8.47. The molecular formula is C22H29ClN2O6S. The monoisotopic (exact) mass is 484 g/mol. The minimum absolute atomic E-state index is 0.00774. The molecule has 1 saturated heterocycles. The number of hydrogen-bond donors (Lipinski definition) is 1. The van der Waals surface area contributed by atoms with Crippen molar-refractivity contribution in [3.63, 3.8) is 0 Å². The summed E-state index contributed by atoms with van der Waals surface area (Å²) in [7, 11) is 3.79. The zero-order chi connectivity index (χ0) is 24.2. The molecule has 0 bridgehead atoms. The molecule has 1 aromatic rings. The van der Waals surface area contributed by atoms with Gasteiger partial charge in [0.15, 0.2) is 11.4 Å². The van der Waals surface area contributed by atoms with Crippen molar-refractivity contribution in [3.05, 3.63) is 42.0 Å². The summed E-state index contributed by atoms with van der Waals surface area (Å²) in [6, 6.07) is 4.71. The molecule has 1 aromatic carbocycles. The molecule has 32 heavy (non-hydrogen) atoms. The third kappa shape index (κ3) is 6.32. The molecule has 0 aliphatic carbocycles. The van der Waals surface area contributed by atoms with Gasteiger partial charge in [-0.1, -0.05) is 18.7 Å². The molecule has 2 rings (SSSR count). The van der Waals surface area contributed by atoms with Crippen molar-refractivity contribution in [3.8, 4) is 5.75 Å². The molecule has 0 spiro atoms. The molecule has 4 atom stereocenters. The zero-order valence-corrected chi connectivity index (χ0v) is 20.4. The van der Waals surface area contributed by atoms with Crippen molar-refractivity contribution in [2.24, 2.45) is 0 Å². The number of nitrogens with one attached hydrogen (secondary N) is 1. The molecule has 1 N–H and O–H groups in total. The van der Waals surface area contributed by atoms with Gasteiger partial charge >= 0.3 is 5.97 Å². The van der Waals surface area contributed by atoms with Gasteiger partial charge in [-0.15, -0.1) is 0 Å². The second kappa shape index (κ2) is 10.5. The van der Waals surface area contributed by atoms with Gasteiger partial charge < -0.3 is 19.7 Å². The van der Waals surface area contributed by atoms with Gasteiger partial charge in [-0.05, 0) is 68.6 Å². The van der Waals surface area contributed by atoms with Gasteiger partial charge in [-0.3, -0.25) is 9.59 Å². The van der Waals surface area contributed by atoms with E-state index in [4.69, 9.17) is 20.2 Å². The highest BCUT2D eigenvalue weighted by atomic mass is 35.7. The summed E-state index contributed by atoms with van der Waals surface area (Å²) in [5.74, 6) is -1.04. The summed E-state index contributed by atoms with van der Waals surface area (Å²) in [5.41, 5.74) is 0.255. The normalized spacial score (nSPS) is 20.1. The van der Waals surface area contributed by atoms with Gasteiger partial charge in [0, 0.05) is 0 Å². The number of likely N-dealkylation sites (tertiary alicyclic amines) is 1. The number of carbonyl (C=O) groups is 3. The zero-order valence-electron chi connectivity index (χ0n) is 18.8. The third-order valence-corrected chi connectivity index (χ3v) is 5.99. The number of carbonyl (C=O) groups excluding carboxylic acids is 3. The number of β-lactam (4-membered cyclic amide) rings is 1. The van der Waals surface area contributed by atoms with Crippen LogP contribution in [0.25, 0.3) is 0 Å². The molecule has 1 aliphatic rings.